The van der Waals surface area contributed by atoms with Gasteiger partial charge in [0, 0.05) is 11.9 Å². The number of benzene rings is 2. The minimum absolute atomic E-state index is 0.103. The molecule has 0 radical (unpaired) electrons. The van der Waals surface area contributed by atoms with E-state index in [0.29, 0.717) is 16.9 Å². The number of fused-ring (bicyclic) bond motifs is 1. The van der Waals surface area contributed by atoms with Gasteiger partial charge in [-0.1, -0.05) is 12.1 Å². The van der Waals surface area contributed by atoms with Gasteiger partial charge in [-0.05, 0) is 54.1 Å². The van der Waals surface area contributed by atoms with E-state index in [4.69, 9.17) is 0 Å². The summed E-state index contributed by atoms with van der Waals surface area (Å²) in [5, 5.41) is 2.73. The second-order valence-electron chi connectivity index (χ2n) is 6.24. The molecule has 0 bridgehead atoms. The van der Waals surface area contributed by atoms with Crippen molar-refractivity contribution >= 4 is 29.1 Å². The van der Waals surface area contributed by atoms with Crippen LogP contribution in [0.25, 0.3) is 0 Å². The Morgan fingerprint density at radius 2 is 1.68 bits per heavy atom. The van der Waals surface area contributed by atoms with Gasteiger partial charge in [-0.15, -0.1) is 0 Å². The number of anilines is 2. The van der Waals surface area contributed by atoms with Crippen LogP contribution in [0.3, 0.4) is 0 Å². The smallest absolute Gasteiger partial charge is 0.284 e. The first-order chi connectivity index (χ1) is 13.5. The maximum atomic E-state index is 12.9. The molecule has 0 aliphatic carbocycles. The lowest BCUT2D eigenvalue weighted by molar-refractivity contribution is -0.115. The summed E-state index contributed by atoms with van der Waals surface area (Å²) < 4.78 is 12.9. The molecule has 2 aromatic carbocycles. The maximum absolute atomic E-state index is 12.9. The molecule has 0 saturated carbocycles. The van der Waals surface area contributed by atoms with Crippen LogP contribution in [0.1, 0.15) is 26.4 Å². The van der Waals surface area contributed by atoms with Gasteiger partial charge in [-0.25, -0.2) is 9.29 Å². The first-order valence-corrected chi connectivity index (χ1v) is 8.51. The van der Waals surface area contributed by atoms with Gasteiger partial charge < -0.3 is 5.32 Å². The lowest BCUT2D eigenvalue weighted by Gasteiger charge is -2.14. The molecule has 7 heteroatoms. The fourth-order valence-electron chi connectivity index (χ4n) is 2.99. The number of carbonyl (C=O) groups is 3. The largest absolute Gasteiger partial charge is 0.326 e. The van der Waals surface area contributed by atoms with Crippen molar-refractivity contribution in [1.82, 2.24) is 4.98 Å². The fourth-order valence-corrected chi connectivity index (χ4v) is 2.99. The monoisotopic (exact) mass is 375 g/mol. The molecular formula is C21H14FN3O3. The first-order valence-electron chi connectivity index (χ1n) is 8.51. The lowest BCUT2D eigenvalue weighted by atomic mass is 10.1. The van der Waals surface area contributed by atoms with E-state index in [9.17, 15) is 18.8 Å². The normalized spacial score (nSPS) is 12.8. The molecule has 2 heterocycles. The van der Waals surface area contributed by atoms with Crippen LogP contribution >= 0.6 is 0 Å². The highest BCUT2D eigenvalue weighted by atomic mass is 19.1. The number of pyridine rings is 1. The summed E-state index contributed by atoms with van der Waals surface area (Å²) in [5.41, 5.74) is 2.00. The van der Waals surface area contributed by atoms with Crippen LogP contribution in [0.2, 0.25) is 0 Å². The van der Waals surface area contributed by atoms with Crippen LogP contribution in [0.4, 0.5) is 15.8 Å². The molecule has 1 aliphatic rings. The first kappa shape index (κ1) is 17.5. The molecule has 28 heavy (non-hydrogen) atoms. The van der Waals surface area contributed by atoms with E-state index in [0.717, 1.165) is 4.90 Å². The minimum atomic E-state index is -0.478. The number of carbonyl (C=O) groups excluding carboxylic acids is 3. The number of hydrogen-bond acceptors (Lipinski definition) is 4. The van der Waals surface area contributed by atoms with Crippen molar-refractivity contribution in [2.75, 3.05) is 10.2 Å². The Labute approximate surface area is 159 Å². The number of amides is 3. The van der Waals surface area contributed by atoms with Crippen molar-refractivity contribution in [2.45, 2.75) is 6.42 Å². The molecule has 0 saturated heterocycles. The summed E-state index contributed by atoms with van der Waals surface area (Å²) >= 11 is 0. The second-order valence-corrected chi connectivity index (χ2v) is 6.24. The number of aromatic nitrogens is 1. The van der Waals surface area contributed by atoms with E-state index in [1.54, 1.807) is 48.5 Å². The highest BCUT2D eigenvalue weighted by Crippen LogP contribution is 2.27. The zero-order chi connectivity index (χ0) is 19.7. The Morgan fingerprint density at radius 3 is 2.36 bits per heavy atom. The van der Waals surface area contributed by atoms with E-state index in [-0.39, 0.29) is 29.4 Å². The molecule has 138 valence electrons. The molecule has 0 atom stereocenters. The summed E-state index contributed by atoms with van der Waals surface area (Å²) in [6.07, 6.45) is 1.57. The predicted molar refractivity (Wildman–Crippen MR) is 101 cm³/mol. The van der Waals surface area contributed by atoms with Gasteiger partial charge >= 0.3 is 0 Å². The summed E-state index contributed by atoms with van der Waals surface area (Å²) in [5.74, 6) is -1.53. The predicted octanol–water partition coefficient (Wildman–Crippen LogP) is 3.20. The highest BCUT2D eigenvalue weighted by molar-refractivity contribution is 6.33. The van der Waals surface area contributed by atoms with Crippen LogP contribution in [-0.4, -0.2) is 22.7 Å². The summed E-state index contributed by atoms with van der Waals surface area (Å²) in [4.78, 5) is 42.1. The van der Waals surface area contributed by atoms with E-state index >= 15 is 0 Å². The number of hydrogen-bond donors (Lipinski definition) is 1. The molecule has 0 spiro atoms. The van der Waals surface area contributed by atoms with Crippen LogP contribution in [0.15, 0.2) is 66.9 Å². The number of nitrogens with zero attached hydrogens (tertiary/aromatic N) is 2. The molecule has 4 rings (SSSR count). The van der Waals surface area contributed by atoms with Crippen molar-refractivity contribution in [2.24, 2.45) is 0 Å². The van der Waals surface area contributed by atoms with Gasteiger partial charge in [-0.3, -0.25) is 19.4 Å². The number of rotatable bonds is 4. The number of nitrogens with one attached hydrogen (secondary N) is 1. The van der Waals surface area contributed by atoms with Crippen LogP contribution < -0.4 is 10.2 Å². The van der Waals surface area contributed by atoms with Crippen molar-refractivity contribution in [3.05, 3.63) is 89.5 Å². The highest BCUT2D eigenvalue weighted by Gasteiger charge is 2.37. The molecule has 3 amide bonds. The van der Waals surface area contributed by atoms with Gasteiger partial charge in [0.25, 0.3) is 11.8 Å². The number of imide groups is 1. The lowest BCUT2D eigenvalue weighted by Crippen LogP contribution is -2.29. The third-order valence-electron chi connectivity index (χ3n) is 4.33. The standard InChI is InChI=1S/C21H14FN3O3/c22-14-5-3-13(4-6-14)12-18(26)24-15-7-9-16(10-8-15)25-20(27)17-2-1-11-23-19(17)21(25)28/h1-11H,12H2,(H,24,26). The third-order valence-corrected chi connectivity index (χ3v) is 4.33. The van der Waals surface area contributed by atoms with Crippen LogP contribution in [-0.2, 0) is 11.2 Å². The molecule has 1 aromatic heterocycles. The minimum Gasteiger partial charge on any atom is -0.326 e. The zero-order valence-corrected chi connectivity index (χ0v) is 14.6. The van der Waals surface area contributed by atoms with Gasteiger partial charge in [0.05, 0.1) is 17.7 Å². The maximum Gasteiger partial charge on any atom is 0.284 e. The Bertz CT molecular complexity index is 1040. The van der Waals surface area contributed by atoms with E-state index in [1.165, 1.54) is 18.3 Å². The summed E-state index contributed by atoms with van der Waals surface area (Å²) in [6, 6.07) is 15.2. The zero-order valence-electron chi connectivity index (χ0n) is 14.6. The average Bonchev–Trinajstić information content (AvgIpc) is 2.95. The van der Waals surface area contributed by atoms with Gasteiger partial charge in [0.2, 0.25) is 5.91 Å². The molecule has 0 fully saturated rings. The van der Waals surface area contributed by atoms with Crippen molar-refractivity contribution in [3.8, 4) is 0 Å². The molecule has 1 aliphatic heterocycles. The van der Waals surface area contributed by atoms with E-state index < -0.39 is 11.8 Å². The SMILES string of the molecule is O=C(Cc1ccc(F)cc1)Nc1ccc(N2C(=O)c3cccnc3C2=O)cc1. The molecule has 3 aromatic rings. The van der Waals surface area contributed by atoms with Gasteiger partial charge in [0.1, 0.15) is 11.5 Å². The quantitative estimate of drug-likeness (QED) is 0.710. The Morgan fingerprint density at radius 1 is 0.964 bits per heavy atom. The van der Waals surface area contributed by atoms with Gasteiger partial charge in [-0.2, -0.15) is 0 Å². The van der Waals surface area contributed by atoms with Crippen molar-refractivity contribution < 1.29 is 18.8 Å². The topological polar surface area (TPSA) is 79.4 Å². The second kappa shape index (κ2) is 7.03. The number of halogens is 1. The summed E-state index contributed by atoms with van der Waals surface area (Å²) in [7, 11) is 0. The molecule has 6 nitrogen and oxygen atoms in total. The molecular weight excluding hydrogens is 361 g/mol. The average molecular weight is 375 g/mol. The van der Waals surface area contributed by atoms with E-state index in [1.807, 2.05) is 0 Å². The fraction of sp³-hybridized carbons (Fsp3) is 0.0476. The Balaban J connectivity index is 1.46. The van der Waals surface area contributed by atoms with Crippen molar-refractivity contribution in [3.63, 3.8) is 0 Å². The Kier molecular flexibility index (Phi) is 4.41. The van der Waals surface area contributed by atoms with Crippen LogP contribution in [0, 0.1) is 5.82 Å². The summed E-state index contributed by atoms with van der Waals surface area (Å²) in [6.45, 7) is 0. The van der Waals surface area contributed by atoms with Crippen LogP contribution in [0.5, 0.6) is 0 Å². The van der Waals surface area contributed by atoms with Gasteiger partial charge in [0.15, 0.2) is 0 Å². The molecule has 0 unspecified atom stereocenters. The molecule has 1 N–H and O–H groups in total. The third kappa shape index (κ3) is 3.25. The van der Waals surface area contributed by atoms with Crippen molar-refractivity contribution in [1.29, 1.82) is 0 Å². The Hall–Kier alpha value is -3.87. The van der Waals surface area contributed by atoms with E-state index in [2.05, 4.69) is 10.3 Å².